The second-order valence-electron chi connectivity index (χ2n) is 4.98. The average Bonchev–Trinajstić information content (AvgIpc) is 2.94. The number of hydrogen-bond acceptors (Lipinski definition) is 5. The van der Waals surface area contributed by atoms with Crippen molar-refractivity contribution >= 4 is 16.3 Å². The number of hydrogen-bond donors (Lipinski definition) is 1. The molecule has 2 rings (SSSR count). The van der Waals surface area contributed by atoms with Gasteiger partial charge in [-0.05, 0) is 25.3 Å². The van der Waals surface area contributed by atoms with E-state index in [1.807, 2.05) is 0 Å². The smallest absolute Gasteiger partial charge is 0.330 e. The lowest BCUT2D eigenvalue weighted by Crippen LogP contribution is -2.12. The van der Waals surface area contributed by atoms with Crippen molar-refractivity contribution in [2.24, 2.45) is 11.7 Å². The Balaban J connectivity index is 2.07. The number of aryl methyl sites for hydroxylation is 1. The van der Waals surface area contributed by atoms with Crippen LogP contribution in [0.3, 0.4) is 0 Å². The van der Waals surface area contributed by atoms with Gasteiger partial charge in [-0.3, -0.25) is 0 Å². The van der Waals surface area contributed by atoms with E-state index in [1.165, 1.54) is 0 Å². The van der Waals surface area contributed by atoms with E-state index in [0.717, 1.165) is 41.5 Å². The van der Waals surface area contributed by atoms with E-state index in [1.54, 1.807) is 0 Å². The Morgan fingerprint density at radius 1 is 1.24 bits per heavy atom. The first-order valence-electron chi connectivity index (χ1n) is 6.94. The van der Waals surface area contributed by atoms with Gasteiger partial charge in [0.1, 0.15) is 5.01 Å². The highest BCUT2D eigenvalue weighted by Gasteiger charge is 2.38. The highest BCUT2D eigenvalue weighted by atomic mass is 32.1. The molecule has 0 amide bonds. The number of nitrogens with zero attached hydrogens (tertiary/aromatic N) is 4. The number of aromatic nitrogens is 4. The third-order valence-electron chi connectivity index (χ3n) is 3.32. The highest BCUT2D eigenvalue weighted by Crippen LogP contribution is 2.29. The summed E-state index contributed by atoms with van der Waals surface area (Å²) in [6.45, 7) is 2.75. The summed E-state index contributed by atoms with van der Waals surface area (Å²) in [5.41, 5.74) is 5.58. The van der Waals surface area contributed by atoms with Crippen molar-refractivity contribution in [1.82, 2.24) is 19.8 Å². The molecule has 0 bridgehead atoms. The minimum atomic E-state index is -4.53. The molecule has 1 atom stereocenters. The standard InChI is InChI=1S/C12H18F3N5S/c1-2-3-8(6-7-16)4-5-9-19-20-10(12(13,14)15)17-18-11(20)21-9/h8H,2-7,16H2,1H3. The Bertz CT molecular complexity index is 571. The molecule has 0 aliphatic rings. The molecular weight excluding hydrogens is 303 g/mol. The van der Waals surface area contributed by atoms with Crippen LogP contribution in [-0.2, 0) is 12.6 Å². The van der Waals surface area contributed by atoms with Crippen LogP contribution in [0.2, 0.25) is 0 Å². The largest absolute Gasteiger partial charge is 0.453 e. The van der Waals surface area contributed by atoms with Crippen LogP contribution in [0.25, 0.3) is 4.96 Å². The molecule has 0 aliphatic carbocycles. The first-order chi connectivity index (χ1) is 9.95. The molecule has 0 saturated carbocycles. The fraction of sp³-hybridized carbons (Fsp3) is 0.750. The van der Waals surface area contributed by atoms with Gasteiger partial charge in [0.2, 0.25) is 4.96 Å². The molecule has 5 nitrogen and oxygen atoms in total. The number of fused-ring (bicyclic) bond motifs is 1. The number of nitrogens with two attached hydrogens (primary N) is 1. The molecule has 9 heteroatoms. The van der Waals surface area contributed by atoms with Crippen LogP contribution in [-0.4, -0.2) is 26.4 Å². The van der Waals surface area contributed by atoms with Gasteiger partial charge in [-0.2, -0.15) is 22.8 Å². The van der Waals surface area contributed by atoms with Crippen molar-refractivity contribution in [2.45, 2.75) is 45.2 Å². The summed E-state index contributed by atoms with van der Waals surface area (Å²) >= 11 is 1.16. The van der Waals surface area contributed by atoms with Gasteiger partial charge in [0.15, 0.2) is 0 Å². The molecule has 2 aromatic heterocycles. The number of halogens is 3. The Morgan fingerprint density at radius 3 is 2.62 bits per heavy atom. The van der Waals surface area contributed by atoms with Crippen LogP contribution in [0.1, 0.15) is 43.4 Å². The Kier molecular flexibility index (Phi) is 5.15. The summed E-state index contributed by atoms with van der Waals surface area (Å²) in [4.78, 5) is 0.184. The second kappa shape index (κ2) is 6.69. The van der Waals surface area contributed by atoms with Crippen molar-refractivity contribution in [3.8, 4) is 0 Å². The number of rotatable bonds is 7. The lowest BCUT2D eigenvalue weighted by Gasteiger charge is -2.13. The summed E-state index contributed by atoms with van der Waals surface area (Å²) in [7, 11) is 0. The molecule has 0 aliphatic heterocycles. The van der Waals surface area contributed by atoms with Crippen molar-refractivity contribution in [3.05, 3.63) is 10.8 Å². The molecule has 0 radical (unpaired) electrons. The first-order valence-corrected chi connectivity index (χ1v) is 7.75. The number of alkyl halides is 3. The fourth-order valence-corrected chi connectivity index (χ4v) is 3.19. The van der Waals surface area contributed by atoms with E-state index in [2.05, 4.69) is 22.2 Å². The van der Waals surface area contributed by atoms with Crippen molar-refractivity contribution in [3.63, 3.8) is 0 Å². The molecule has 2 aromatic rings. The second-order valence-corrected chi connectivity index (χ2v) is 6.02. The molecule has 0 saturated heterocycles. The van der Waals surface area contributed by atoms with Crippen molar-refractivity contribution in [2.75, 3.05) is 6.54 Å². The lowest BCUT2D eigenvalue weighted by atomic mass is 9.95. The lowest BCUT2D eigenvalue weighted by molar-refractivity contribution is -0.146. The third kappa shape index (κ3) is 3.91. The first kappa shape index (κ1) is 16.2. The van der Waals surface area contributed by atoms with Crippen molar-refractivity contribution in [1.29, 1.82) is 0 Å². The normalized spacial score (nSPS) is 14.0. The third-order valence-corrected chi connectivity index (χ3v) is 4.28. The van der Waals surface area contributed by atoms with E-state index in [0.29, 0.717) is 23.9 Å². The fourth-order valence-electron chi connectivity index (χ4n) is 2.34. The van der Waals surface area contributed by atoms with Gasteiger partial charge in [-0.15, -0.1) is 10.2 Å². The van der Waals surface area contributed by atoms with Gasteiger partial charge in [0.05, 0.1) is 0 Å². The van der Waals surface area contributed by atoms with Gasteiger partial charge >= 0.3 is 6.18 Å². The van der Waals surface area contributed by atoms with E-state index in [-0.39, 0.29) is 4.96 Å². The van der Waals surface area contributed by atoms with E-state index >= 15 is 0 Å². The Labute approximate surface area is 124 Å². The Morgan fingerprint density at radius 2 is 2.00 bits per heavy atom. The van der Waals surface area contributed by atoms with E-state index < -0.39 is 12.0 Å². The maximum Gasteiger partial charge on any atom is 0.453 e. The van der Waals surface area contributed by atoms with Crippen LogP contribution >= 0.6 is 11.3 Å². The monoisotopic (exact) mass is 321 g/mol. The van der Waals surface area contributed by atoms with Crippen LogP contribution in [0, 0.1) is 5.92 Å². The van der Waals surface area contributed by atoms with Gasteiger partial charge in [0, 0.05) is 6.42 Å². The van der Waals surface area contributed by atoms with Gasteiger partial charge < -0.3 is 5.73 Å². The van der Waals surface area contributed by atoms with Gasteiger partial charge in [-0.1, -0.05) is 31.1 Å². The highest BCUT2D eigenvalue weighted by molar-refractivity contribution is 7.16. The van der Waals surface area contributed by atoms with Gasteiger partial charge in [-0.25, -0.2) is 0 Å². The average molecular weight is 321 g/mol. The molecule has 118 valence electrons. The molecule has 1 unspecified atom stereocenters. The summed E-state index contributed by atoms with van der Waals surface area (Å²) in [5.74, 6) is -0.566. The topological polar surface area (TPSA) is 69.1 Å². The summed E-state index contributed by atoms with van der Waals surface area (Å²) in [5, 5.41) is 11.3. The SMILES string of the molecule is CCCC(CCN)CCc1nn2c(C(F)(F)F)nnc2s1. The molecule has 0 aromatic carbocycles. The zero-order chi connectivity index (χ0) is 15.5. The molecule has 2 N–H and O–H groups in total. The Hall–Kier alpha value is -1.22. The summed E-state index contributed by atoms with van der Waals surface area (Å²) in [6, 6.07) is 0. The van der Waals surface area contributed by atoms with Crippen LogP contribution in [0.5, 0.6) is 0 Å². The quantitative estimate of drug-likeness (QED) is 0.851. The molecule has 21 heavy (non-hydrogen) atoms. The van der Waals surface area contributed by atoms with Crippen LogP contribution in [0.15, 0.2) is 0 Å². The van der Waals surface area contributed by atoms with E-state index in [9.17, 15) is 13.2 Å². The molecule has 2 heterocycles. The van der Waals surface area contributed by atoms with Crippen LogP contribution < -0.4 is 5.73 Å². The zero-order valence-electron chi connectivity index (χ0n) is 11.7. The predicted octanol–water partition coefficient (Wildman–Crippen LogP) is 2.90. The van der Waals surface area contributed by atoms with Crippen molar-refractivity contribution < 1.29 is 13.2 Å². The predicted molar refractivity (Wildman–Crippen MR) is 74.1 cm³/mol. The summed E-state index contributed by atoms with van der Waals surface area (Å²) in [6.07, 6.45) is 0.0936. The zero-order valence-corrected chi connectivity index (χ0v) is 12.5. The van der Waals surface area contributed by atoms with E-state index in [4.69, 9.17) is 5.73 Å². The maximum atomic E-state index is 12.7. The molecule has 0 fully saturated rings. The minimum Gasteiger partial charge on any atom is -0.330 e. The molecule has 0 spiro atoms. The summed E-state index contributed by atoms with van der Waals surface area (Å²) < 4.78 is 38.9. The maximum absolute atomic E-state index is 12.7. The van der Waals surface area contributed by atoms with Gasteiger partial charge in [0.25, 0.3) is 5.82 Å². The van der Waals surface area contributed by atoms with Crippen LogP contribution in [0.4, 0.5) is 13.2 Å². The molecular formula is C12H18F3N5S. The minimum absolute atomic E-state index is 0.184.